The maximum absolute atomic E-state index is 11.9. The van der Waals surface area contributed by atoms with Crippen molar-refractivity contribution in [2.75, 3.05) is 0 Å². The fourth-order valence-electron chi connectivity index (χ4n) is 2.08. The van der Waals surface area contributed by atoms with Crippen LogP contribution >= 0.6 is 0 Å². The van der Waals surface area contributed by atoms with Crippen LogP contribution in [-0.2, 0) is 0 Å². The van der Waals surface area contributed by atoms with Gasteiger partial charge in [0.25, 0.3) is 0 Å². The molecule has 0 atom stereocenters. The van der Waals surface area contributed by atoms with Crippen LogP contribution in [0.25, 0.3) is 0 Å². The number of aromatic nitrogens is 1. The van der Waals surface area contributed by atoms with Gasteiger partial charge in [0.2, 0.25) is 0 Å². The molecule has 2 rings (SSSR count). The van der Waals surface area contributed by atoms with Crippen LogP contribution in [0.5, 0.6) is 0 Å². The van der Waals surface area contributed by atoms with E-state index in [9.17, 15) is 4.79 Å². The van der Waals surface area contributed by atoms with Crippen molar-refractivity contribution in [3.63, 3.8) is 0 Å². The number of pyridine rings is 1. The minimum absolute atomic E-state index is 0.240. The summed E-state index contributed by atoms with van der Waals surface area (Å²) in [6.45, 7) is 4.14. The quantitative estimate of drug-likeness (QED) is 0.706. The van der Waals surface area contributed by atoms with Gasteiger partial charge in [-0.2, -0.15) is 0 Å². The molecule has 15 heavy (non-hydrogen) atoms. The molecule has 0 aromatic carbocycles. The van der Waals surface area contributed by atoms with E-state index < -0.39 is 0 Å². The van der Waals surface area contributed by atoms with Crippen molar-refractivity contribution in [2.24, 2.45) is 5.41 Å². The second kappa shape index (κ2) is 3.76. The first-order valence-electron chi connectivity index (χ1n) is 5.55. The normalized spacial score (nSPS) is 18.3. The molecule has 1 saturated carbocycles. The molecule has 0 N–H and O–H groups in total. The number of aryl methyl sites for hydroxylation is 1. The number of nitrogens with zero attached hydrogens (tertiary/aromatic N) is 1. The Morgan fingerprint density at radius 3 is 2.67 bits per heavy atom. The molecule has 1 aromatic heterocycles. The molecule has 0 spiro atoms. The highest BCUT2D eigenvalue weighted by Gasteiger charge is 2.34. The van der Waals surface area contributed by atoms with Crippen LogP contribution in [0.2, 0.25) is 0 Å². The maximum atomic E-state index is 11.9. The summed E-state index contributed by atoms with van der Waals surface area (Å²) in [5, 5.41) is 0. The molecule has 1 aromatic rings. The highest BCUT2D eigenvalue weighted by Crippen LogP contribution is 2.43. The summed E-state index contributed by atoms with van der Waals surface area (Å²) in [5.41, 5.74) is 1.98. The molecule has 80 valence electrons. The average molecular weight is 203 g/mol. The third-order valence-electron chi connectivity index (χ3n) is 3.38. The summed E-state index contributed by atoms with van der Waals surface area (Å²) >= 11 is 0. The molecule has 1 fully saturated rings. The lowest BCUT2D eigenvalue weighted by Gasteiger charge is -2.37. The zero-order chi connectivity index (χ0) is 10.9. The van der Waals surface area contributed by atoms with E-state index in [1.165, 1.54) is 19.3 Å². The van der Waals surface area contributed by atoms with Gasteiger partial charge in [0.15, 0.2) is 5.78 Å². The first-order valence-corrected chi connectivity index (χ1v) is 5.55. The van der Waals surface area contributed by atoms with Crippen LogP contribution in [-0.4, -0.2) is 10.8 Å². The number of carbonyl (C=O) groups is 1. The smallest absolute Gasteiger partial charge is 0.164 e. The molecule has 1 aliphatic carbocycles. The van der Waals surface area contributed by atoms with E-state index in [0.29, 0.717) is 6.42 Å². The van der Waals surface area contributed by atoms with Crippen molar-refractivity contribution >= 4 is 5.78 Å². The van der Waals surface area contributed by atoms with Gasteiger partial charge in [0.05, 0.1) is 0 Å². The lowest BCUT2D eigenvalue weighted by atomic mass is 9.67. The number of hydrogen-bond acceptors (Lipinski definition) is 2. The number of Topliss-reactive ketones (excluding diaryl/α,β-unsaturated/α-hetero) is 1. The predicted octanol–water partition coefficient (Wildman–Crippen LogP) is 3.15. The number of carbonyl (C=O) groups excluding carboxylic acids is 1. The van der Waals surface area contributed by atoms with Crippen molar-refractivity contribution < 1.29 is 4.79 Å². The zero-order valence-electron chi connectivity index (χ0n) is 9.42. The Morgan fingerprint density at radius 2 is 2.20 bits per heavy atom. The molecule has 0 radical (unpaired) electrons. The van der Waals surface area contributed by atoms with Gasteiger partial charge in [-0.25, -0.2) is 0 Å². The lowest BCUT2D eigenvalue weighted by Crippen LogP contribution is -2.28. The Labute approximate surface area is 90.7 Å². The Kier molecular flexibility index (Phi) is 2.59. The van der Waals surface area contributed by atoms with E-state index in [1.807, 2.05) is 19.1 Å². The minimum Gasteiger partial charge on any atom is -0.294 e. The number of ketones is 1. The highest BCUT2D eigenvalue weighted by atomic mass is 16.1. The van der Waals surface area contributed by atoms with Gasteiger partial charge in [-0.15, -0.1) is 0 Å². The molecule has 2 heteroatoms. The average Bonchev–Trinajstić information content (AvgIpc) is 2.16. The second-order valence-electron chi connectivity index (χ2n) is 4.95. The van der Waals surface area contributed by atoms with Gasteiger partial charge in [0, 0.05) is 23.9 Å². The van der Waals surface area contributed by atoms with Gasteiger partial charge in [-0.3, -0.25) is 9.78 Å². The van der Waals surface area contributed by atoms with Gasteiger partial charge in [0.1, 0.15) is 0 Å². The summed E-state index contributed by atoms with van der Waals surface area (Å²) in [7, 11) is 0. The van der Waals surface area contributed by atoms with Gasteiger partial charge in [-0.05, 0) is 37.3 Å². The number of hydrogen-bond donors (Lipinski definition) is 0. The first kappa shape index (κ1) is 10.3. The standard InChI is InChI=1S/C13H17NO/c1-10-4-5-11(9-14-10)12(15)8-13(2)6-3-7-13/h4-5,9H,3,6-8H2,1-2H3. The van der Waals surface area contributed by atoms with Crippen LogP contribution in [0.3, 0.4) is 0 Å². The Balaban J connectivity index is 2.04. The van der Waals surface area contributed by atoms with Crippen LogP contribution in [0, 0.1) is 12.3 Å². The summed E-state index contributed by atoms with van der Waals surface area (Å²) in [6.07, 6.45) is 6.03. The molecular formula is C13H17NO. The molecule has 2 nitrogen and oxygen atoms in total. The van der Waals surface area contributed by atoms with Gasteiger partial charge >= 0.3 is 0 Å². The fraction of sp³-hybridized carbons (Fsp3) is 0.538. The molecule has 0 saturated heterocycles. The Morgan fingerprint density at radius 1 is 1.47 bits per heavy atom. The first-order chi connectivity index (χ1) is 7.09. The van der Waals surface area contributed by atoms with Gasteiger partial charge in [-0.1, -0.05) is 13.3 Å². The fourth-order valence-corrected chi connectivity index (χ4v) is 2.08. The van der Waals surface area contributed by atoms with E-state index in [2.05, 4.69) is 11.9 Å². The number of rotatable bonds is 3. The Hall–Kier alpha value is -1.18. The van der Waals surface area contributed by atoms with Crippen molar-refractivity contribution in [3.05, 3.63) is 29.6 Å². The van der Waals surface area contributed by atoms with Crippen molar-refractivity contribution in [3.8, 4) is 0 Å². The molecule has 0 unspecified atom stereocenters. The minimum atomic E-state index is 0.240. The van der Waals surface area contributed by atoms with Crippen molar-refractivity contribution in [2.45, 2.75) is 39.5 Å². The summed E-state index contributed by atoms with van der Waals surface area (Å²) in [4.78, 5) is 16.1. The molecular weight excluding hydrogens is 186 g/mol. The zero-order valence-corrected chi connectivity index (χ0v) is 9.42. The van der Waals surface area contributed by atoms with Crippen LogP contribution in [0.15, 0.2) is 18.3 Å². The maximum Gasteiger partial charge on any atom is 0.164 e. The molecule has 0 aliphatic heterocycles. The predicted molar refractivity (Wildman–Crippen MR) is 59.9 cm³/mol. The second-order valence-corrected chi connectivity index (χ2v) is 4.95. The molecule has 0 amide bonds. The van der Waals surface area contributed by atoms with Crippen LogP contribution in [0.1, 0.15) is 48.7 Å². The van der Waals surface area contributed by atoms with E-state index in [4.69, 9.17) is 0 Å². The molecule has 0 bridgehead atoms. The lowest BCUT2D eigenvalue weighted by molar-refractivity contribution is 0.0816. The van der Waals surface area contributed by atoms with Crippen LogP contribution in [0.4, 0.5) is 0 Å². The summed E-state index contributed by atoms with van der Waals surface area (Å²) in [6, 6.07) is 3.78. The Bertz CT molecular complexity index is 363. The van der Waals surface area contributed by atoms with Gasteiger partial charge < -0.3 is 0 Å². The largest absolute Gasteiger partial charge is 0.294 e. The van der Waals surface area contributed by atoms with Crippen molar-refractivity contribution in [1.82, 2.24) is 4.98 Å². The summed E-state index contributed by atoms with van der Waals surface area (Å²) in [5.74, 6) is 0.240. The third kappa shape index (κ3) is 2.25. The highest BCUT2D eigenvalue weighted by molar-refractivity contribution is 5.96. The van der Waals surface area contributed by atoms with E-state index >= 15 is 0 Å². The topological polar surface area (TPSA) is 30.0 Å². The summed E-state index contributed by atoms with van der Waals surface area (Å²) < 4.78 is 0. The molecule has 1 aliphatic rings. The van der Waals surface area contributed by atoms with Crippen LogP contribution < -0.4 is 0 Å². The SMILES string of the molecule is Cc1ccc(C(=O)CC2(C)CCC2)cn1. The molecule has 1 heterocycles. The monoisotopic (exact) mass is 203 g/mol. The van der Waals surface area contributed by atoms with Crippen molar-refractivity contribution in [1.29, 1.82) is 0 Å². The van der Waals surface area contributed by atoms with E-state index in [0.717, 1.165) is 11.3 Å². The third-order valence-corrected chi connectivity index (χ3v) is 3.38. The van der Waals surface area contributed by atoms with E-state index in [1.54, 1.807) is 6.20 Å². The van der Waals surface area contributed by atoms with E-state index in [-0.39, 0.29) is 11.2 Å².